The number of halogens is 1. The molecule has 1 aliphatic heterocycles. The maximum absolute atomic E-state index is 12.7. The van der Waals surface area contributed by atoms with Crippen LogP contribution in [0.2, 0.25) is 0 Å². The number of nitrogens with zero attached hydrogens (tertiary/aromatic N) is 1. The molecule has 1 saturated heterocycles. The number of hydrogen-bond acceptors (Lipinski definition) is 2. The van der Waals surface area contributed by atoms with Crippen LogP contribution in [0.25, 0.3) is 10.8 Å². The van der Waals surface area contributed by atoms with E-state index >= 15 is 0 Å². The number of likely N-dealkylation sites (tertiary alicyclic amines) is 1. The number of benzene rings is 2. The van der Waals surface area contributed by atoms with Crippen molar-refractivity contribution in [2.75, 3.05) is 13.1 Å². The number of H-pyrrole nitrogens is 1. The number of carbonyl (C=O) groups excluding carboxylic acids is 1. The minimum Gasteiger partial charge on any atom is -0.338 e. The van der Waals surface area contributed by atoms with Gasteiger partial charge in [0.05, 0.1) is 0 Å². The number of rotatable bonds is 2. The van der Waals surface area contributed by atoms with Crippen molar-refractivity contribution < 1.29 is 4.79 Å². The summed E-state index contributed by atoms with van der Waals surface area (Å²) in [6.07, 6.45) is 2.73. The minimum absolute atomic E-state index is 0.0625. The van der Waals surface area contributed by atoms with Crippen molar-refractivity contribution in [1.82, 2.24) is 9.88 Å². The number of hydrogen-bond donors (Lipinski definition) is 1. The van der Waals surface area contributed by atoms with Gasteiger partial charge in [0.1, 0.15) is 0 Å². The van der Waals surface area contributed by atoms with Crippen LogP contribution in [0.15, 0.2) is 59.5 Å². The highest BCUT2D eigenvalue weighted by atomic mass is 127. The number of aromatic nitrogens is 1. The van der Waals surface area contributed by atoms with E-state index in [2.05, 4.69) is 27.6 Å². The Balaban J connectivity index is 1.64. The predicted molar refractivity (Wildman–Crippen MR) is 107 cm³/mol. The second-order valence-electron chi connectivity index (χ2n) is 6.37. The summed E-state index contributed by atoms with van der Waals surface area (Å²) in [5.74, 6) is 0.318. The molecule has 0 bridgehead atoms. The molecule has 1 unspecified atom stereocenters. The molecule has 4 rings (SSSR count). The third-order valence-electron chi connectivity index (χ3n) is 4.83. The number of fused-ring (bicyclic) bond motifs is 1. The lowest BCUT2D eigenvalue weighted by Crippen LogP contribution is -2.28. The second kappa shape index (κ2) is 6.63. The summed E-state index contributed by atoms with van der Waals surface area (Å²) in [6, 6.07) is 15.4. The van der Waals surface area contributed by atoms with Gasteiger partial charge >= 0.3 is 0 Å². The molecule has 0 radical (unpaired) electrons. The molecule has 25 heavy (non-hydrogen) atoms. The molecular formula is C20H17IN2O2. The van der Waals surface area contributed by atoms with Gasteiger partial charge in [-0.2, -0.15) is 0 Å². The lowest BCUT2D eigenvalue weighted by atomic mass is 9.95. The first-order valence-corrected chi connectivity index (χ1v) is 9.36. The van der Waals surface area contributed by atoms with Crippen molar-refractivity contribution >= 4 is 39.3 Å². The van der Waals surface area contributed by atoms with E-state index in [1.807, 2.05) is 59.6 Å². The van der Waals surface area contributed by atoms with Crippen molar-refractivity contribution in [3.05, 3.63) is 79.8 Å². The number of pyridine rings is 1. The largest absolute Gasteiger partial charge is 0.338 e. The van der Waals surface area contributed by atoms with Gasteiger partial charge in [0.15, 0.2) is 0 Å². The molecule has 2 aromatic carbocycles. The van der Waals surface area contributed by atoms with Gasteiger partial charge in [-0.3, -0.25) is 9.59 Å². The lowest BCUT2D eigenvalue weighted by Gasteiger charge is -2.17. The van der Waals surface area contributed by atoms with E-state index in [1.54, 1.807) is 0 Å². The van der Waals surface area contributed by atoms with Gasteiger partial charge in [-0.05, 0) is 64.2 Å². The second-order valence-corrected chi connectivity index (χ2v) is 7.61. The first kappa shape index (κ1) is 16.3. The van der Waals surface area contributed by atoms with Gasteiger partial charge in [-0.25, -0.2) is 0 Å². The highest BCUT2D eigenvalue weighted by molar-refractivity contribution is 14.1. The molecule has 1 fully saturated rings. The van der Waals surface area contributed by atoms with Crippen LogP contribution < -0.4 is 5.56 Å². The highest BCUT2D eigenvalue weighted by Crippen LogP contribution is 2.32. The number of aromatic amines is 1. The minimum atomic E-state index is -0.0625. The maximum atomic E-state index is 12.7. The average Bonchev–Trinajstić information content (AvgIpc) is 3.12. The topological polar surface area (TPSA) is 53.2 Å². The van der Waals surface area contributed by atoms with Crippen molar-refractivity contribution in [1.29, 1.82) is 0 Å². The first-order chi connectivity index (χ1) is 12.1. The van der Waals surface area contributed by atoms with E-state index in [4.69, 9.17) is 0 Å². The predicted octanol–water partition coefficient (Wildman–Crippen LogP) is 3.76. The van der Waals surface area contributed by atoms with Crippen LogP contribution in [0.1, 0.15) is 28.3 Å². The van der Waals surface area contributed by atoms with Gasteiger partial charge in [-0.15, -0.1) is 0 Å². The van der Waals surface area contributed by atoms with Crippen LogP contribution in [0, 0.1) is 3.57 Å². The van der Waals surface area contributed by atoms with Gasteiger partial charge in [-0.1, -0.05) is 24.3 Å². The Hall–Kier alpha value is -2.15. The molecule has 0 saturated carbocycles. The van der Waals surface area contributed by atoms with E-state index in [1.165, 1.54) is 0 Å². The van der Waals surface area contributed by atoms with E-state index in [-0.39, 0.29) is 17.4 Å². The third-order valence-corrected chi connectivity index (χ3v) is 5.50. The van der Waals surface area contributed by atoms with Crippen LogP contribution in [0.4, 0.5) is 0 Å². The molecule has 3 aromatic rings. The SMILES string of the molecule is O=C(c1ccccc1)N1CCC(c2c[nH]c(=O)c3cc(I)ccc23)C1. The van der Waals surface area contributed by atoms with Gasteiger partial charge in [0, 0.05) is 39.7 Å². The molecule has 1 atom stereocenters. The normalized spacial score (nSPS) is 17.2. The number of nitrogens with one attached hydrogen (secondary N) is 1. The molecule has 2 heterocycles. The van der Waals surface area contributed by atoms with Gasteiger partial charge in [0.25, 0.3) is 11.5 Å². The summed E-state index contributed by atoms with van der Waals surface area (Å²) in [5, 5.41) is 1.71. The fourth-order valence-electron chi connectivity index (χ4n) is 3.55. The summed E-state index contributed by atoms with van der Waals surface area (Å²) >= 11 is 2.22. The molecule has 4 nitrogen and oxygen atoms in total. The lowest BCUT2D eigenvalue weighted by molar-refractivity contribution is 0.0791. The molecule has 0 spiro atoms. The highest BCUT2D eigenvalue weighted by Gasteiger charge is 2.29. The van der Waals surface area contributed by atoms with Crippen molar-refractivity contribution in [2.45, 2.75) is 12.3 Å². The Morgan fingerprint density at radius 1 is 1.12 bits per heavy atom. The van der Waals surface area contributed by atoms with E-state index in [9.17, 15) is 9.59 Å². The number of amides is 1. The third kappa shape index (κ3) is 3.08. The molecule has 126 valence electrons. The Morgan fingerprint density at radius 3 is 2.72 bits per heavy atom. The smallest absolute Gasteiger partial charge is 0.255 e. The zero-order valence-corrected chi connectivity index (χ0v) is 15.7. The van der Waals surface area contributed by atoms with E-state index in [0.717, 1.165) is 38.4 Å². The fourth-order valence-corrected chi connectivity index (χ4v) is 4.05. The van der Waals surface area contributed by atoms with Gasteiger partial charge < -0.3 is 9.88 Å². The summed E-state index contributed by atoms with van der Waals surface area (Å²) in [6.45, 7) is 1.42. The molecule has 1 amide bonds. The molecular weight excluding hydrogens is 427 g/mol. The Kier molecular flexibility index (Phi) is 4.33. The first-order valence-electron chi connectivity index (χ1n) is 8.28. The summed E-state index contributed by atoms with van der Waals surface area (Å²) in [7, 11) is 0. The zero-order chi connectivity index (χ0) is 17.4. The fraction of sp³-hybridized carbons (Fsp3) is 0.200. The number of carbonyl (C=O) groups is 1. The zero-order valence-electron chi connectivity index (χ0n) is 13.5. The van der Waals surface area contributed by atoms with Crippen molar-refractivity contribution in [3.8, 4) is 0 Å². The summed E-state index contributed by atoms with van der Waals surface area (Å²) in [5.41, 5.74) is 1.78. The molecule has 1 aromatic heterocycles. The molecule has 5 heteroatoms. The summed E-state index contributed by atoms with van der Waals surface area (Å²) < 4.78 is 1.04. The molecule has 1 N–H and O–H groups in total. The molecule has 0 aliphatic carbocycles. The molecule has 1 aliphatic rings. The monoisotopic (exact) mass is 444 g/mol. The van der Waals surface area contributed by atoms with Crippen LogP contribution in [-0.4, -0.2) is 28.9 Å². The Labute approximate surface area is 159 Å². The van der Waals surface area contributed by atoms with Crippen molar-refractivity contribution in [3.63, 3.8) is 0 Å². The quantitative estimate of drug-likeness (QED) is 0.613. The summed E-state index contributed by atoms with van der Waals surface area (Å²) in [4.78, 5) is 29.6. The van der Waals surface area contributed by atoms with Crippen molar-refractivity contribution in [2.24, 2.45) is 0 Å². The van der Waals surface area contributed by atoms with Crippen LogP contribution >= 0.6 is 22.6 Å². The average molecular weight is 444 g/mol. The Morgan fingerprint density at radius 2 is 1.92 bits per heavy atom. The standard InChI is InChI=1S/C20H17IN2O2/c21-15-6-7-16-17(10-15)19(24)22-11-18(16)14-8-9-23(12-14)20(25)13-4-2-1-3-5-13/h1-7,10-11,14H,8-9,12H2,(H,22,24). The maximum Gasteiger partial charge on any atom is 0.255 e. The van der Waals surface area contributed by atoms with Crippen LogP contribution in [0.3, 0.4) is 0 Å². The van der Waals surface area contributed by atoms with Crippen LogP contribution in [-0.2, 0) is 0 Å². The van der Waals surface area contributed by atoms with E-state index < -0.39 is 0 Å². The Bertz CT molecular complexity index is 997. The van der Waals surface area contributed by atoms with Gasteiger partial charge in [0.2, 0.25) is 0 Å². The van der Waals surface area contributed by atoms with E-state index in [0.29, 0.717) is 6.54 Å². The van der Waals surface area contributed by atoms with Crippen LogP contribution in [0.5, 0.6) is 0 Å².